The van der Waals surface area contributed by atoms with Crippen LogP contribution in [0.3, 0.4) is 0 Å². The molecular formula is C22H16F6N2O2. The number of hydrazone groups is 1. The Bertz CT molecular complexity index is 1120. The monoisotopic (exact) mass is 454 g/mol. The minimum absolute atomic E-state index is 0.0765. The van der Waals surface area contributed by atoms with E-state index in [1.807, 2.05) is 5.43 Å². The Kier molecular flexibility index (Phi) is 7.24. The zero-order valence-corrected chi connectivity index (χ0v) is 16.6. The lowest BCUT2D eigenvalue weighted by Crippen LogP contribution is -2.06. The van der Waals surface area contributed by atoms with Gasteiger partial charge in [-0.05, 0) is 48.4 Å². The Morgan fingerprint density at radius 2 is 1.50 bits per heavy atom. The van der Waals surface area contributed by atoms with Crippen LogP contribution in [0.1, 0.15) is 18.1 Å². The lowest BCUT2D eigenvalue weighted by atomic mass is 10.2. The van der Waals surface area contributed by atoms with Crippen molar-refractivity contribution in [3.05, 3.63) is 88.5 Å². The fraction of sp³-hybridized carbons (Fsp3) is 0.136. The maximum atomic E-state index is 13.7. The van der Waals surface area contributed by atoms with Gasteiger partial charge in [-0.15, -0.1) is 0 Å². The minimum atomic E-state index is -2.26. The third-order valence-corrected chi connectivity index (χ3v) is 4.15. The van der Waals surface area contributed by atoms with E-state index in [2.05, 4.69) is 5.10 Å². The molecule has 168 valence electrons. The van der Waals surface area contributed by atoms with Crippen LogP contribution in [0.5, 0.6) is 11.5 Å². The molecule has 0 aliphatic carbocycles. The Balaban J connectivity index is 1.76. The van der Waals surface area contributed by atoms with Gasteiger partial charge in [0, 0.05) is 0 Å². The highest BCUT2D eigenvalue weighted by molar-refractivity contribution is 5.81. The van der Waals surface area contributed by atoms with Gasteiger partial charge in [-0.25, -0.2) is 26.3 Å². The third kappa shape index (κ3) is 5.13. The molecule has 32 heavy (non-hydrogen) atoms. The van der Waals surface area contributed by atoms with Crippen molar-refractivity contribution >= 4 is 11.9 Å². The molecule has 0 amide bonds. The maximum absolute atomic E-state index is 13.7. The molecule has 0 aromatic heterocycles. The van der Waals surface area contributed by atoms with Crippen LogP contribution >= 0.6 is 0 Å². The molecule has 3 rings (SSSR count). The molecular weight excluding hydrogens is 438 g/mol. The third-order valence-electron chi connectivity index (χ3n) is 4.15. The standard InChI is InChI=1S/C22H16F6N2O2/c1-2-31-16-9-12(6-7-15(16)32-11-13-4-3-5-14(23)8-13)10-29-30-22-20(27)18(25)17(24)19(26)21(22)28/h3-10,30H,2,11H2,1H3/b29-10+. The molecule has 10 heteroatoms. The molecule has 0 heterocycles. The topological polar surface area (TPSA) is 42.8 Å². The van der Waals surface area contributed by atoms with E-state index in [-0.39, 0.29) is 6.61 Å². The second-order valence-corrected chi connectivity index (χ2v) is 6.37. The quantitative estimate of drug-likeness (QED) is 0.151. The van der Waals surface area contributed by atoms with Gasteiger partial charge < -0.3 is 9.47 Å². The van der Waals surface area contributed by atoms with Crippen molar-refractivity contribution in [1.29, 1.82) is 0 Å². The van der Waals surface area contributed by atoms with Gasteiger partial charge >= 0.3 is 0 Å². The molecule has 0 unspecified atom stereocenters. The first kappa shape index (κ1) is 23.0. The zero-order valence-electron chi connectivity index (χ0n) is 16.6. The number of nitrogens with one attached hydrogen (secondary N) is 1. The molecule has 4 nitrogen and oxygen atoms in total. The second-order valence-electron chi connectivity index (χ2n) is 6.37. The first-order valence-corrected chi connectivity index (χ1v) is 9.26. The summed E-state index contributed by atoms with van der Waals surface area (Å²) in [5.74, 6) is -10.2. The van der Waals surface area contributed by atoms with Crippen LogP contribution in [0.2, 0.25) is 0 Å². The summed E-state index contributed by atoms with van der Waals surface area (Å²) in [7, 11) is 0. The molecule has 0 saturated carbocycles. The van der Waals surface area contributed by atoms with Gasteiger partial charge in [0.25, 0.3) is 0 Å². The first-order chi connectivity index (χ1) is 15.3. The molecule has 0 saturated heterocycles. The number of hydrogen-bond acceptors (Lipinski definition) is 4. The normalized spacial score (nSPS) is 11.1. The summed E-state index contributed by atoms with van der Waals surface area (Å²) in [5.41, 5.74) is 1.52. The summed E-state index contributed by atoms with van der Waals surface area (Å²) in [6, 6.07) is 10.4. The van der Waals surface area contributed by atoms with Gasteiger partial charge in [-0.1, -0.05) is 12.1 Å². The molecule has 0 bridgehead atoms. The van der Waals surface area contributed by atoms with Crippen LogP contribution in [0.15, 0.2) is 47.6 Å². The van der Waals surface area contributed by atoms with Crippen molar-refractivity contribution in [1.82, 2.24) is 0 Å². The molecule has 0 spiro atoms. The summed E-state index contributed by atoms with van der Waals surface area (Å²) in [6.07, 6.45) is 1.09. The number of benzene rings is 3. The van der Waals surface area contributed by atoms with E-state index in [1.54, 1.807) is 19.1 Å². The van der Waals surface area contributed by atoms with E-state index in [0.29, 0.717) is 29.2 Å². The van der Waals surface area contributed by atoms with E-state index in [4.69, 9.17) is 9.47 Å². The van der Waals surface area contributed by atoms with Crippen molar-refractivity contribution in [2.75, 3.05) is 12.0 Å². The van der Waals surface area contributed by atoms with Crippen molar-refractivity contribution in [2.45, 2.75) is 13.5 Å². The molecule has 0 aliphatic heterocycles. The maximum Gasteiger partial charge on any atom is 0.200 e. The molecule has 0 fully saturated rings. The highest BCUT2D eigenvalue weighted by Crippen LogP contribution is 2.30. The SMILES string of the molecule is CCOc1cc(/C=N/Nc2c(F)c(F)c(F)c(F)c2F)ccc1OCc1cccc(F)c1. The largest absolute Gasteiger partial charge is 0.490 e. The molecule has 3 aromatic carbocycles. The van der Waals surface area contributed by atoms with E-state index in [9.17, 15) is 26.3 Å². The van der Waals surface area contributed by atoms with Crippen LogP contribution in [0, 0.1) is 34.9 Å². The Morgan fingerprint density at radius 3 is 2.16 bits per heavy atom. The predicted octanol–water partition coefficient (Wildman–Crippen LogP) is 5.94. The Morgan fingerprint density at radius 1 is 0.812 bits per heavy atom. The summed E-state index contributed by atoms with van der Waals surface area (Å²) in [5, 5.41) is 3.53. The fourth-order valence-corrected chi connectivity index (χ4v) is 2.65. The van der Waals surface area contributed by atoms with E-state index in [0.717, 1.165) is 6.21 Å². The van der Waals surface area contributed by atoms with E-state index < -0.39 is 40.6 Å². The number of halogens is 6. The Labute approximate surface area is 179 Å². The van der Waals surface area contributed by atoms with Gasteiger partial charge in [-0.3, -0.25) is 5.43 Å². The number of ether oxygens (including phenoxy) is 2. The highest BCUT2D eigenvalue weighted by atomic mass is 19.2. The summed E-state index contributed by atoms with van der Waals surface area (Å²) >= 11 is 0. The Hall–Kier alpha value is -3.69. The minimum Gasteiger partial charge on any atom is -0.490 e. The average Bonchev–Trinajstić information content (AvgIpc) is 2.78. The van der Waals surface area contributed by atoms with Gasteiger partial charge in [0.15, 0.2) is 34.8 Å². The lowest BCUT2D eigenvalue weighted by Gasteiger charge is -2.13. The number of rotatable bonds is 8. The van der Waals surface area contributed by atoms with E-state index in [1.165, 1.54) is 30.3 Å². The van der Waals surface area contributed by atoms with Gasteiger partial charge in [-0.2, -0.15) is 5.10 Å². The fourth-order valence-electron chi connectivity index (χ4n) is 2.65. The van der Waals surface area contributed by atoms with Crippen molar-refractivity contribution in [2.24, 2.45) is 5.10 Å². The van der Waals surface area contributed by atoms with Crippen molar-refractivity contribution < 1.29 is 35.8 Å². The number of hydrogen-bond donors (Lipinski definition) is 1. The predicted molar refractivity (Wildman–Crippen MR) is 106 cm³/mol. The zero-order chi connectivity index (χ0) is 23.3. The summed E-state index contributed by atoms with van der Waals surface area (Å²) in [6.45, 7) is 2.11. The van der Waals surface area contributed by atoms with Crippen LogP contribution in [0.25, 0.3) is 0 Å². The summed E-state index contributed by atoms with van der Waals surface area (Å²) < 4.78 is 91.4. The van der Waals surface area contributed by atoms with Crippen LogP contribution < -0.4 is 14.9 Å². The van der Waals surface area contributed by atoms with Crippen LogP contribution in [-0.2, 0) is 6.61 Å². The van der Waals surface area contributed by atoms with Gasteiger partial charge in [0.05, 0.1) is 12.8 Å². The van der Waals surface area contributed by atoms with Crippen LogP contribution in [-0.4, -0.2) is 12.8 Å². The highest BCUT2D eigenvalue weighted by Gasteiger charge is 2.25. The average molecular weight is 454 g/mol. The lowest BCUT2D eigenvalue weighted by molar-refractivity contribution is 0.269. The van der Waals surface area contributed by atoms with Crippen molar-refractivity contribution in [3.63, 3.8) is 0 Å². The molecule has 0 radical (unpaired) electrons. The molecule has 0 aliphatic rings. The van der Waals surface area contributed by atoms with Gasteiger partial charge in [0.2, 0.25) is 5.82 Å². The second kappa shape index (κ2) is 10.1. The van der Waals surface area contributed by atoms with Gasteiger partial charge in [0.1, 0.15) is 18.1 Å². The number of nitrogens with zero attached hydrogens (tertiary/aromatic N) is 1. The summed E-state index contributed by atoms with van der Waals surface area (Å²) in [4.78, 5) is 0. The van der Waals surface area contributed by atoms with Crippen LogP contribution in [0.4, 0.5) is 32.0 Å². The van der Waals surface area contributed by atoms with Crippen molar-refractivity contribution in [3.8, 4) is 11.5 Å². The molecule has 3 aromatic rings. The van der Waals surface area contributed by atoms with E-state index >= 15 is 0 Å². The molecule has 0 atom stereocenters. The smallest absolute Gasteiger partial charge is 0.200 e. The molecule has 1 N–H and O–H groups in total. The first-order valence-electron chi connectivity index (χ1n) is 9.26. The number of anilines is 1.